The molecule has 0 saturated carbocycles. The molecule has 0 unspecified atom stereocenters. The summed E-state index contributed by atoms with van der Waals surface area (Å²) in [4.78, 5) is 4.32. The number of ether oxygens (including phenoxy) is 1. The molecular weight excluding hydrogens is 328 g/mol. The third kappa shape index (κ3) is 8.68. The topological polar surface area (TPSA) is 81.8 Å². The van der Waals surface area contributed by atoms with Gasteiger partial charge in [-0.3, -0.25) is 4.99 Å². The zero-order valence-corrected chi connectivity index (χ0v) is 15.8. The molecule has 23 heavy (non-hydrogen) atoms. The van der Waals surface area contributed by atoms with E-state index in [0.717, 1.165) is 6.04 Å². The lowest BCUT2D eigenvalue weighted by Crippen LogP contribution is -2.21. The minimum absolute atomic E-state index is 0.223. The van der Waals surface area contributed by atoms with Crippen LogP contribution in [-0.2, 0) is 14.6 Å². The van der Waals surface area contributed by atoms with Gasteiger partial charge in [0, 0.05) is 26.6 Å². The Labute approximate surface area is 140 Å². The van der Waals surface area contributed by atoms with E-state index in [9.17, 15) is 8.42 Å². The largest absolute Gasteiger partial charge is 0.401 e. The van der Waals surface area contributed by atoms with E-state index in [0.29, 0.717) is 6.61 Å². The molecular formula is C16H26N2O3SSi. The second-order valence-corrected chi connectivity index (χ2v) is 14.1. The van der Waals surface area contributed by atoms with E-state index in [4.69, 9.17) is 10.5 Å². The molecule has 0 saturated heterocycles. The monoisotopic (exact) mass is 354 g/mol. The van der Waals surface area contributed by atoms with Gasteiger partial charge in [-0.25, -0.2) is 8.42 Å². The highest BCUT2D eigenvalue weighted by Gasteiger charge is 2.14. The number of hydrogen-bond donors (Lipinski definition) is 1. The predicted molar refractivity (Wildman–Crippen MR) is 98.2 cm³/mol. The molecule has 0 amide bonds. The second-order valence-electron chi connectivity index (χ2n) is 6.49. The van der Waals surface area contributed by atoms with Crippen LogP contribution in [0.25, 0.3) is 0 Å². The first-order valence-electron chi connectivity index (χ1n) is 7.51. The Bertz CT molecular complexity index is 635. The molecule has 128 valence electrons. The third-order valence-corrected chi connectivity index (χ3v) is 6.42. The van der Waals surface area contributed by atoms with E-state index in [1.807, 2.05) is 0 Å². The molecule has 2 N–H and O–H groups in total. The molecule has 0 aliphatic heterocycles. The molecule has 0 aliphatic carbocycles. The Morgan fingerprint density at radius 1 is 1.26 bits per heavy atom. The maximum atomic E-state index is 12.1. The number of nitrogens with zero attached hydrogens (tertiary/aromatic N) is 1. The van der Waals surface area contributed by atoms with Crippen LogP contribution in [0.1, 0.15) is 0 Å². The van der Waals surface area contributed by atoms with Gasteiger partial charge in [0.2, 0.25) is 0 Å². The molecule has 0 radical (unpaired) electrons. The van der Waals surface area contributed by atoms with Crippen LogP contribution < -0.4 is 5.73 Å². The van der Waals surface area contributed by atoms with Gasteiger partial charge in [0.05, 0.1) is 10.6 Å². The van der Waals surface area contributed by atoms with Crippen LogP contribution in [0.4, 0.5) is 0 Å². The van der Waals surface area contributed by atoms with E-state index in [1.165, 1.54) is 12.3 Å². The average Bonchev–Trinajstić information content (AvgIpc) is 2.45. The standard InChI is InChI=1S/C16H26N2O3SSi/c1-23(2,3)12-11-21-14-18-10-9-15(17)13-22(19,20)16-7-5-4-6-8-16/h4-10H,11-14,17H2,1-3H3/b15-9-,18-10+. The lowest BCUT2D eigenvalue weighted by Gasteiger charge is -2.14. The fourth-order valence-corrected chi connectivity index (χ4v) is 3.70. The molecule has 0 fully saturated rings. The van der Waals surface area contributed by atoms with Gasteiger partial charge in [0.15, 0.2) is 9.84 Å². The van der Waals surface area contributed by atoms with Crippen LogP contribution >= 0.6 is 0 Å². The number of hydrogen-bond acceptors (Lipinski definition) is 5. The summed E-state index contributed by atoms with van der Waals surface area (Å²) in [7, 11) is -4.49. The molecule has 0 atom stereocenters. The summed E-state index contributed by atoms with van der Waals surface area (Å²) in [6, 6.07) is 9.35. The van der Waals surface area contributed by atoms with Crippen molar-refractivity contribution >= 4 is 24.1 Å². The summed E-state index contributed by atoms with van der Waals surface area (Å²) in [6.45, 7) is 7.83. The van der Waals surface area contributed by atoms with Crippen molar-refractivity contribution in [1.29, 1.82) is 0 Å². The second kappa shape index (κ2) is 9.00. The molecule has 0 aromatic heterocycles. The van der Waals surface area contributed by atoms with Crippen molar-refractivity contribution in [3.63, 3.8) is 0 Å². The Hall–Kier alpha value is -1.44. The normalized spacial score (nSPS) is 13.6. The third-order valence-electron chi connectivity index (χ3n) is 3.02. The fourth-order valence-electron chi connectivity index (χ4n) is 1.67. The summed E-state index contributed by atoms with van der Waals surface area (Å²) in [5.41, 5.74) is 6.00. The summed E-state index contributed by atoms with van der Waals surface area (Å²) >= 11 is 0. The molecule has 1 aromatic carbocycles. The van der Waals surface area contributed by atoms with Crippen molar-refractivity contribution in [2.75, 3.05) is 19.1 Å². The van der Waals surface area contributed by atoms with E-state index >= 15 is 0 Å². The number of allylic oxidation sites excluding steroid dienone is 1. The van der Waals surface area contributed by atoms with Gasteiger partial charge < -0.3 is 10.5 Å². The highest BCUT2D eigenvalue weighted by Crippen LogP contribution is 2.11. The first kappa shape index (κ1) is 19.6. The predicted octanol–water partition coefficient (Wildman–Crippen LogP) is 2.69. The smallest absolute Gasteiger partial charge is 0.183 e. The zero-order valence-electron chi connectivity index (χ0n) is 14.0. The molecule has 7 heteroatoms. The van der Waals surface area contributed by atoms with Crippen LogP contribution in [0.2, 0.25) is 25.7 Å². The van der Waals surface area contributed by atoms with Gasteiger partial charge in [-0.2, -0.15) is 0 Å². The molecule has 1 rings (SSSR count). The van der Waals surface area contributed by atoms with Gasteiger partial charge in [-0.05, 0) is 24.3 Å². The van der Waals surface area contributed by atoms with Crippen molar-refractivity contribution in [3.8, 4) is 0 Å². The van der Waals surface area contributed by atoms with Crippen molar-refractivity contribution in [2.24, 2.45) is 10.7 Å². The molecule has 0 aliphatic rings. The van der Waals surface area contributed by atoms with Gasteiger partial charge >= 0.3 is 0 Å². The maximum Gasteiger partial charge on any atom is 0.183 e. The quantitative estimate of drug-likeness (QED) is 0.420. The Morgan fingerprint density at radius 2 is 1.91 bits per heavy atom. The molecule has 5 nitrogen and oxygen atoms in total. The highest BCUT2D eigenvalue weighted by atomic mass is 32.2. The number of benzene rings is 1. The lowest BCUT2D eigenvalue weighted by molar-refractivity contribution is 0.156. The van der Waals surface area contributed by atoms with E-state index in [2.05, 4.69) is 24.6 Å². The summed E-state index contributed by atoms with van der Waals surface area (Å²) in [5, 5.41) is 0. The van der Waals surface area contributed by atoms with E-state index in [1.54, 1.807) is 30.3 Å². The van der Waals surface area contributed by atoms with Crippen LogP contribution in [0.15, 0.2) is 52.0 Å². The molecule has 1 aromatic rings. The Kier molecular flexibility index (Phi) is 7.67. The molecule has 0 spiro atoms. The minimum Gasteiger partial charge on any atom is -0.401 e. The van der Waals surface area contributed by atoms with Crippen LogP contribution in [0.3, 0.4) is 0 Å². The van der Waals surface area contributed by atoms with Crippen molar-refractivity contribution in [2.45, 2.75) is 30.6 Å². The number of aliphatic imine (C=N–C) groups is 1. The minimum atomic E-state index is -3.41. The van der Waals surface area contributed by atoms with Crippen molar-refractivity contribution in [3.05, 3.63) is 42.1 Å². The highest BCUT2D eigenvalue weighted by molar-refractivity contribution is 7.91. The summed E-state index contributed by atoms with van der Waals surface area (Å²) in [6.07, 6.45) is 2.99. The maximum absolute atomic E-state index is 12.1. The van der Waals surface area contributed by atoms with Gasteiger partial charge in [-0.15, -0.1) is 0 Å². The molecule has 0 heterocycles. The van der Waals surface area contributed by atoms with Crippen LogP contribution in [0.5, 0.6) is 0 Å². The van der Waals surface area contributed by atoms with Crippen LogP contribution in [-0.4, -0.2) is 41.8 Å². The van der Waals surface area contributed by atoms with E-state index < -0.39 is 17.9 Å². The first-order valence-corrected chi connectivity index (χ1v) is 12.9. The van der Waals surface area contributed by atoms with Crippen molar-refractivity contribution in [1.82, 2.24) is 0 Å². The Balaban J connectivity index is 2.41. The van der Waals surface area contributed by atoms with Crippen LogP contribution in [0, 0.1) is 0 Å². The van der Waals surface area contributed by atoms with Crippen molar-refractivity contribution < 1.29 is 13.2 Å². The number of rotatable bonds is 9. The van der Waals surface area contributed by atoms with Gasteiger partial charge in [0.25, 0.3) is 0 Å². The lowest BCUT2D eigenvalue weighted by atomic mass is 10.4. The number of nitrogens with two attached hydrogens (primary N) is 1. The summed E-state index contributed by atoms with van der Waals surface area (Å²) < 4.78 is 29.7. The van der Waals surface area contributed by atoms with E-state index in [-0.39, 0.29) is 23.1 Å². The first-order chi connectivity index (χ1) is 10.7. The Morgan fingerprint density at radius 3 is 2.52 bits per heavy atom. The van der Waals surface area contributed by atoms with Gasteiger partial charge in [-0.1, -0.05) is 37.8 Å². The average molecular weight is 355 g/mol. The van der Waals surface area contributed by atoms with Gasteiger partial charge in [0.1, 0.15) is 6.73 Å². The SMILES string of the molecule is C[Si](C)(C)CCOC/N=C/C=C(\N)CS(=O)(=O)c1ccccc1. The zero-order chi connectivity index (χ0) is 17.3. The fraction of sp³-hybridized carbons (Fsp3) is 0.438. The molecule has 0 bridgehead atoms. The summed E-state index contributed by atoms with van der Waals surface area (Å²) in [5.74, 6) is -0.223. The number of sulfone groups is 1.